The molecule has 5 nitrogen and oxygen atoms in total. The van der Waals surface area contributed by atoms with E-state index in [1.54, 1.807) is 0 Å². The maximum absolute atomic E-state index is 11.6. The number of aromatic nitrogens is 2. The van der Waals surface area contributed by atoms with Crippen molar-refractivity contribution in [2.45, 2.75) is 6.42 Å². The Bertz CT molecular complexity index is 366. The molecule has 1 amide bonds. The highest BCUT2D eigenvalue weighted by Crippen LogP contribution is 2.15. The fourth-order valence-corrected chi connectivity index (χ4v) is 1.52. The lowest BCUT2D eigenvalue weighted by molar-refractivity contribution is -0.119. The molecule has 2 rings (SSSR count). The van der Waals surface area contributed by atoms with Crippen molar-refractivity contribution in [1.29, 1.82) is 0 Å². The number of nitrogens with one attached hydrogen (secondary N) is 1. The molecular weight excluding hydrogens is 218 g/mol. The van der Waals surface area contributed by atoms with Crippen molar-refractivity contribution < 1.29 is 9.53 Å². The average Bonchev–Trinajstić information content (AvgIpc) is 2.70. The third kappa shape index (κ3) is 2.64. The van der Waals surface area contributed by atoms with Crippen LogP contribution in [0.15, 0.2) is 12.4 Å². The van der Waals surface area contributed by atoms with E-state index in [1.165, 1.54) is 12.4 Å². The van der Waals surface area contributed by atoms with Crippen LogP contribution < -0.4 is 5.32 Å². The molecule has 1 N–H and O–H groups in total. The molecule has 0 spiro atoms. The summed E-state index contributed by atoms with van der Waals surface area (Å²) < 4.78 is 5.12. The molecule has 2 heterocycles. The third-order valence-electron chi connectivity index (χ3n) is 2.16. The van der Waals surface area contributed by atoms with Gasteiger partial charge in [0, 0.05) is 6.61 Å². The smallest absolute Gasteiger partial charge is 0.231 e. The molecule has 0 aromatic carbocycles. The van der Waals surface area contributed by atoms with E-state index in [-0.39, 0.29) is 17.0 Å². The van der Waals surface area contributed by atoms with Gasteiger partial charge in [-0.2, -0.15) is 0 Å². The standard InChI is InChI=1S/C9H10ClN3O2/c10-7-3-11-4-8(12-7)13-9(14)6-1-2-15-5-6/h3-4,6H,1-2,5H2,(H,12,13,14). The van der Waals surface area contributed by atoms with Gasteiger partial charge in [0.05, 0.1) is 24.9 Å². The molecule has 15 heavy (non-hydrogen) atoms. The molecule has 0 saturated carbocycles. The Balaban J connectivity index is 1.99. The van der Waals surface area contributed by atoms with Crippen LogP contribution in [0.25, 0.3) is 0 Å². The lowest BCUT2D eigenvalue weighted by Crippen LogP contribution is -2.23. The number of rotatable bonds is 2. The van der Waals surface area contributed by atoms with Crippen LogP contribution in [0.3, 0.4) is 0 Å². The summed E-state index contributed by atoms with van der Waals surface area (Å²) in [5, 5.41) is 2.91. The Morgan fingerprint density at radius 2 is 2.47 bits per heavy atom. The Kier molecular flexibility index (Phi) is 3.13. The van der Waals surface area contributed by atoms with Gasteiger partial charge in [0.15, 0.2) is 5.82 Å². The summed E-state index contributed by atoms with van der Waals surface area (Å²) in [4.78, 5) is 19.4. The zero-order valence-electron chi connectivity index (χ0n) is 7.94. The number of carbonyl (C=O) groups is 1. The van der Waals surface area contributed by atoms with Crippen molar-refractivity contribution in [3.8, 4) is 0 Å². The molecule has 0 bridgehead atoms. The van der Waals surface area contributed by atoms with Gasteiger partial charge in [0.1, 0.15) is 5.15 Å². The molecule has 1 fully saturated rings. The Morgan fingerprint density at radius 3 is 3.13 bits per heavy atom. The minimum absolute atomic E-state index is 0.0919. The van der Waals surface area contributed by atoms with Gasteiger partial charge in [-0.25, -0.2) is 4.98 Å². The summed E-state index contributed by atoms with van der Waals surface area (Å²) in [6, 6.07) is 0. The molecule has 1 saturated heterocycles. The van der Waals surface area contributed by atoms with Crippen molar-refractivity contribution in [3.05, 3.63) is 17.5 Å². The summed E-state index contributed by atoms with van der Waals surface area (Å²) in [7, 11) is 0. The maximum atomic E-state index is 11.6. The van der Waals surface area contributed by atoms with Crippen LogP contribution in [0, 0.1) is 5.92 Å². The fraction of sp³-hybridized carbons (Fsp3) is 0.444. The van der Waals surface area contributed by atoms with Crippen LogP contribution in [0.4, 0.5) is 5.82 Å². The van der Waals surface area contributed by atoms with Crippen molar-refractivity contribution in [1.82, 2.24) is 9.97 Å². The zero-order valence-corrected chi connectivity index (χ0v) is 8.70. The van der Waals surface area contributed by atoms with Crippen molar-refractivity contribution in [2.75, 3.05) is 18.5 Å². The molecule has 1 unspecified atom stereocenters. The first-order valence-corrected chi connectivity index (χ1v) is 4.99. The number of anilines is 1. The highest BCUT2D eigenvalue weighted by atomic mass is 35.5. The Labute approximate surface area is 91.8 Å². The highest BCUT2D eigenvalue weighted by Gasteiger charge is 2.23. The normalized spacial score (nSPS) is 20.2. The van der Waals surface area contributed by atoms with Gasteiger partial charge in [-0.3, -0.25) is 9.78 Å². The van der Waals surface area contributed by atoms with E-state index in [1.807, 2.05) is 0 Å². The number of nitrogens with zero attached hydrogens (tertiary/aromatic N) is 2. The minimum atomic E-state index is -0.0935. The van der Waals surface area contributed by atoms with E-state index in [0.29, 0.717) is 19.0 Å². The molecule has 0 radical (unpaired) electrons. The lowest BCUT2D eigenvalue weighted by Gasteiger charge is -2.07. The number of halogens is 1. The molecule has 1 aromatic heterocycles. The average molecular weight is 228 g/mol. The quantitative estimate of drug-likeness (QED) is 0.822. The van der Waals surface area contributed by atoms with Crippen LogP contribution in [0.5, 0.6) is 0 Å². The molecule has 6 heteroatoms. The maximum Gasteiger partial charge on any atom is 0.231 e. The summed E-state index contributed by atoms with van der Waals surface area (Å²) >= 11 is 5.64. The molecule has 1 atom stereocenters. The Hall–Kier alpha value is -1.20. The summed E-state index contributed by atoms with van der Waals surface area (Å²) in [5.74, 6) is 0.189. The summed E-state index contributed by atoms with van der Waals surface area (Å²) in [6.45, 7) is 1.11. The predicted octanol–water partition coefficient (Wildman–Crippen LogP) is 1.10. The molecule has 80 valence electrons. The summed E-state index contributed by atoms with van der Waals surface area (Å²) in [6.07, 6.45) is 3.62. The first-order valence-electron chi connectivity index (χ1n) is 4.62. The number of ether oxygens (including phenoxy) is 1. The number of hydrogen-bond donors (Lipinski definition) is 1. The second-order valence-corrected chi connectivity index (χ2v) is 3.66. The number of carbonyl (C=O) groups excluding carboxylic acids is 1. The molecule has 0 aliphatic carbocycles. The van der Waals surface area contributed by atoms with Gasteiger partial charge in [-0.1, -0.05) is 11.6 Å². The van der Waals surface area contributed by atoms with E-state index in [2.05, 4.69) is 15.3 Å². The third-order valence-corrected chi connectivity index (χ3v) is 2.34. The fourth-order valence-electron chi connectivity index (χ4n) is 1.37. The van der Waals surface area contributed by atoms with E-state index >= 15 is 0 Å². The molecule has 1 aliphatic heterocycles. The van der Waals surface area contributed by atoms with E-state index < -0.39 is 0 Å². The van der Waals surface area contributed by atoms with Crippen molar-refractivity contribution in [3.63, 3.8) is 0 Å². The number of amides is 1. The monoisotopic (exact) mass is 227 g/mol. The second-order valence-electron chi connectivity index (χ2n) is 3.28. The van der Waals surface area contributed by atoms with Crippen LogP contribution in [-0.2, 0) is 9.53 Å². The highest BCUT2D eigenvalue weighted by molar-refractivity contribution is 6.29. The van der Waals surface area contributed by atoms with Crippen LogP contribution in [0.1, 0.15) is 6.42 Å². The second kappa shape index (κ2) is 4.55. The largest absolute Gasteiger partial charge is 0.381 e. The number of hydrogen-bond acceptors (Lipinski definition) is 4. The van der Waals surface area contributed by atoms with Crippen molar-refractivity contribution >= 4 is 23.3 Å². The molecule has 1 aromatic rings. The first kappa shape index (κ1) is 10.3. The van der Waals surface area contributed by atoms with Crippen LogP contribution >= 0.6 is 11.6 Å². The van der Waals surface area contributed by atoms with Gasteiger partial charge in [0.2, 0.25) is 5.91 Å². The van der Waals surface area contributed by atoms with Gasteiger partial charge in [-0.05, 0) is 6.42 Å². The van der Waals surface area contributed by atoms with Gasteiger partial charge in [-0.15, -0.1) is 0 Å². The summed E-state index contributed by atoms with van der Waals surface area (Å²) in [5.41, 5.74) is 0. The van der Waals surface area contributed by atoms with Crippen LogP contribution in [-0.4, -0.2) is 29.1 Å². The van der Waals surface area contributed by atoms with E-state index in [0.717, 1.165) is 6.42 Å². The topological polar surface area (TPSA) is 64.1 Å². The first-order chi connectivity index (χ1) is 7.25. The van der Waals surface area contributed by atoms with Gasteiger partial charge in [0.25, 0.3) is 0 Å². The van der Waals surface area contributed by atoms with Crippen LogP contribution in [0.2, 0.25) is 5.15 Å². The minimum Gasteiger partial charge on any atom is -0.381 e. The lowest BCUT2D eigenvalue weighted by atomic mass is 10.1. The predicted molar refractivity (Wildman–Crippen MR) is 54.6 cm³/mol. The SMILES string of the molecule is O=C(Nc1cncc(Cl)n1)C1CCOC1. The van der Waals surface area contributed by atoms with Gasteiger partial charge >= 0.3 is 0 Å². The van der Waals surface area contributed by atoms with E-state index in [9.17, 15) is 4.79 Å². The van der Waals surface area contributed by atoms with Gasteiger partial charge < -0.3 is 10.1 Å². The van der Waals surface area contributed by atoms with Crippen molar-refractivity contribution in [2.24, 2.45) is 5.92 Å². The molecular formula is C9H10ClN3O2. The zero-order chi connectivity index (χ0) is 10.7. The Morgan fingerprint density at radius 1 is 1.60 bits per heavy atom. The van der Waals surface area contributed by atoms with E-state index in [4.69, 9.17) is 16.3 Å². The molecule has 1 aliphatic rings.